The van der Waals surface area contributed by atoms with Crippen LogP contribution in [0.2, 0.25) is 0 Å². The quantitative estimate of drug-likeness (QED) is 0.919. The number of carbonyl (C=O) groups is 1. The number of hydrogen-bond donors (Lipinski definition) is 1. The lowest BCUT2D eigenvalue weighted by atomic mass is 10.1. The van der Waals surface area contributed by atoms with Crippen LogP contribution in [0.1, 0.15) is 10.4 Å². The number of halogens is 1. The highest BCUT2D eigenvalue weighted by Gasteiger charge is 2.28. The van der Waals surface area contributed by atoms with Crippen LogP contribution in [-0.4, -0.2) is 49.3 Å². The topological polar surface area (TPSA) is 59.0 Å². The maximum Gasteiger partial charge on any atom is 0.339 e. The molecular weight excluding hydrogens is 302 g/mol. The van der Waals surface area contributed by atoms with Crippen molar-refractivity contribution in [2.45, 2.75) is 6.10 Å². The van der Waals surface area contributed by atoms with Crippen molar-refractivity contribution in [3.63, 3.8) is 0 Å². The first kappa shape index (κ1) is 13.2. The summed E-state index contributed by atoms with van der Waals surface area (Å²) in [4.78, 5) is 13.3. The molecule has 5 nitrogen and oxygen atoms in total. The number of likely N-dealkylation sites (N-methyl/N-ethyl adjacent to an activating group) is 1. The average molecular weight is 316 g/mol. The van der Waals surface area contributed by atoms with E-state index in [1.165, 1.54) is 13.2 Å². The smallest absolute Gasteiger partial charge is 0.339 e. The molecule has 0 aromatic heterocycles. The van der Waals surface area contributed by atoms with Crippen molar-refractivity contribution in [2.24, 2.45) is 0 Å². The van der Waals surface area contributed by atoms with Crippen molar-refractivity contribution < 1.29 is 19.4 Å². The van der Waals surface area contributed by atoms with Crippen LogP contribution >= 0.6 is 15.9 Å². The highest BCUT2D eigenvalue weighted by molar-refractivity contribution is 9.10. The van der Waals surface area contributed by atoms with Crippen LogP contribution in [0.3, 0.4) is 0 Å². The van der Waals surface area contributed by atoms with Gasteiger partial charge in [0, 0.05) is 17.6 Å². The summed E-state index contributed by atoms with van der Waals surface area (Å²) in [6, 6.07) is 3.22. The Balaban J connectivity index is 2.32. The number of aromatic carboxylic acids is 1. The summed E-state index contributed by atoms with van der Waals surface area (Å²) in [6.45, 7) is 1.58. The fraction of sp³-hybridized carbons (Fsp3) is 0.417. The second-order valence-corrected chi connectivity index (χ2v) is 5.17. The molecular formula is C12H14BrNO4. The van der Waals surface area contributed by atoms with E-state index in [0.29, 0.717) is 16.0 Å². The third kappa shape index (κ3) is 2.59. The van der Waals surface area contributed by atoms with Crippen LogP contribution < -0.4 is 9.47 Å². The number of ether oxygens (including phenoxy) is 2. The first-order chi connectivity index (χ1) is 8.51. The van der Waals surface area contributed by atoms with E-state index in [4.69, 9.17) is 9.47 Å². The molecule has 0 bridgehead atoms. The van der Waals surface area contributed by atoms with Crippen LogP contribution in [0, 0.1) is 0 Å². The first-order valence-corrected chi connectivity index (χ1v) is 6.26. The summed E-state index contributed by atoms with van der Waals surface area (Å²) in [5, 5.41) is 9.20. The molecule has 98 valence electrons. The third-order valence-electron chi connectivity index (χ3n) is 2.79. The molecule has 1 aliphatic heterocycles. The second-order valence-electron chi connectivity index (χ2n) is 4.25. The van der Waals surface area contributed by atoms with E-state index in [1.807, 2.05) is 7.05 Å². The van der Waals surface area contributed by atoms with E-state index in [1.54, 1.807) is 6.07 Å². The molecule has 1 N–H and O–H groups in total. The summed E-state index contributed by atoms with van der Waals surface area (Å²) >= 11 is 3.26. The van der Waals surface area contributed by atoms with Gasteiger partial charge in [0.2, 0.25) is 0 Å². The Morgan fingerprint density at radius 1 is 1.50 bits per heavy atom. The normalized spacial score (nSPS) is 16.2. The molecule has 0 radical (unpaired) electrons. The summed E-state index contributed by atoms with van der Waals surface area (Å²) in [5.41, 5.74) is 0.107. The minimum atomic E-state index is -1.03. The van der Waals surface area contributed by atoms with Gasteiger partial charge < -0.3 is 14.6 Å². The van der Waals surface area contributed by atoms with E-state index < -0.39 is 5.97 Å². The van der Waals surface area contributed by atoms with Crippen LogP contribution in [-0.2, 0) is 0 Å². The molecule has 0 atom stereocenters. The Labute approximate surface area is 113 Å². The van der Waals surface area contributed by atoms with Gasteiger partial charge in [-0.1, -0.05) is 15.9 Å². The fourth-order valence-corrected chi connectivity index (χ4v) is 2.32. The molecule has 1 aromatic rings. The zero-order chi connectivity index (χ0) is 13.3. The van der Waals surface area contributed by atoms with Crippen molar-refractivity contribution in [3.8, 4) is 11.5 Å². The lowest BCUT2D eigenvalue weighted by Crippen LogP contribution is -2.51. The number of methoxy groups -OCH3 is 1. The van der Waals surface area contributed by atoms with E-state index in [0.717, 1.165) is 13.1 Å². The van der Waals surface area contributed by atoms with Gasteiger partial charge >= 0.3 is 5.97 Å². The molecule has 0 aliphatic carbocycles. The third-order valence-corrected chi connectivity index (χ3v) is 3.24. The maximum absolute atomic E-state index is 11.2. The van der Waals surface area contributed by atoms with Gasteiger partial charge in [-0.05, 0) is 19.2 Å². The Bertz CT molecular complexity index is 471. The Morgan fingerprint density at radius 2 is 2.17 bits per heavy atom. The van der Waals surface area contributed by atoms with Crippen molar-refractivity contribution in [1.82, 2.24) is 4.90 Å². The zero-order valence-corrected chi connectivity index (χ0v) is 11.7. The highest BCUT2D eigenvalue weighted by Crippen LogP contribution is 2.36. The summed E-state index contributed by atoms with van der Waals surface area (Å²) in [7, 11) is 3.48. The molecule has 2 rings (SSSR count). The number of carboxylic acids is 1. The number of nitrogens with zero attached hydrogens (tertiary/aromatic N) is 1. The van der Waals surface area contributed by atoms with Gasteiger partial charge in [0.15, 0.2) is 11.5 Å². The van der Waals surface area contributed by atoms with E-state index >= 15 is 0 Å². The minimum absolute atomic E-state index is 0.0168. The molecule has 0 amide bonds. The zero-order valence-electron chi connectivity index (χ0n) is 10.1. The first-order valence-electron chi connectivity index (χ1n) is 5.47. The molecule has 0 unspecified atom stereocenters. The van der Waals surface area contributed by atoms with E-state index in [-0.39, 0.29) is 11.7 Å². The number of carboxylic acid groups (broad SMARTS) is 1. The molecule has 1 heterocycles. The van der Waals surface area contributed by atoms with Crippen molar-refractivity contribution >= 4 is 21.9 Å². The Morgan fingerprint density at radius 3 is 2.67 bits per heavy atom. The summed E-state index contributed by atoms with van der Waals surface area (Å²) in [6.07, 6.45) is 0.0168. The van der Waals surface area contributed by atoms with Gasteiger partial charge in [-0.2, -0.15) is 0 Å². The Hall–Kier alpha value is -1.27. The van der Waals surface area contributed by atoms with Gasteiger partial charge in [-0.25, -0.2) is 4.79 Å². The van der Waals surface area contributed by atoms with Gasteiger partial charge in [0.1, 0.15) is 11.7 Å². The number of rotatable bonds is 4. The predicted molar refractivity (Wildman–Crippen MR) is 69.6 cm³/mol. The van der Waals surface area contributed by atoms with Gasteiger partial charge in [0.25, 0.3) is 0 Å². The standard InChI is InChI=1S/C12H14BrNO4/c1-14-5-8(6-14)18-11-9(12(15)16)3-7(13)4-10(11)17-2/h3-4,8H,5-6H2,1-2H3,(H,15,16). The minimum Gasteiger partial charge on any atom is -0.493 e. The van der Waals surface area contributed by atoms with E-state index in [9.17, 15) is 9.90 Å². The van der Waals surface area contributed by atoms with Crippen molar-refractivity contribution in [2.75, 3.05) is 27.2 Å². The van der Waals surface area contributed by atoms with Gasteiger partial charge in [-0.15, -0.1) is 0 Å². The van der Waals surface area contributed by atoms with Crippen molar-refractivity contribution in [1.29, 1.82) is 0 Å². The largest absolute Gasteiger partial charge is 0.493 e. The maximum atomic E-state index is 11.2. The predicted octanol–water partition coefficient (Wildman–Crippen LogP) is 1.85. The molecule has 18 heavy (non-hydrogen) atoms. The second kappa shape index (κ2) is 5.16. The van der Waals surface area contributed by atoms with Gasteiger partial charge in [-0.3, -0.25) is 4.90 Å². The summed E-state index contributed by atoms with van der Waals surface area (Å²) < 4.78 is 11.6. The van der Waals surface area contributed by atoms with Crippen molar-refractivity contribution in [3.05, 3.63) is 22.2 Å². The van der Waals surface area contributed by atoms with E-state index in [2.05, 4.69) is 20.8 Å². The summed E-state index contributed by atoms with van der Waals surface area (Å²) in [5.74, 6) is -0.306. The number of likely N-dealkylation sites (tertiary alicyclic amines) is 1. The molecule has 0 saturated carbocycles. The Kier molecular flexibility index (Phi) is 3.77. The lowest BCUT2D eigenvalue weighted by Gasteiger charge is -2.36. The van der Waals surface area contributed by atoms with Crippen LogP contribution in [0.15, 0.2) is 16.6 Å². The van der Waals surface area contributed by atoms with Gasteiger partial charge in [0.05, 0.1) is 7.11 Å². The number of benzene rings is 1. The molecule has 1 fully saturated rings. The molecule has 1 saturated heterocycles. The van der Waals surface area contributed by atoms with Crippen LogP contribution in [0.25, 0.3) is 0 Å². The van der Waals surface area contributed by atoms with Crippen LogP contribution in [0.5, 0.6) is 11.5 Å². The number of hydrogen-bond acceptors (Lipinski definition) is 4. The molecule has 6 heteroatoms. The molecule has 0 spiro atoms. The highest BCUT2D eigenvalue weighted by atomic mass is 79.9. The van der Waals surface area contributed by atoms with Crippen LogP contribution in [0.4, 0.5) is 0 Å². The molecule has 1 aromatic carbocycles. The SMILES string of the molecule is COc1cc(Br)cc(C(=O)O)c1OC1CN(C)C1. The fourth-order valence-electron chi connectivity index (χ4n) is 1.88. The lowest BCUT2D eigenvalue weighted by molar-refractivity contribution is 0.0351. The monoisotopic (exact) mass is 315 g/mol. The molecule has 1 aliphatic rings. The average Bonchev–Trinajstić information content (AvgIpc) is 2.28.